The number of hydrogen-bond donors (Lipinski definition) is 5. The molecule has 0 fully saturated rings. The van der Waals surface area contributed by atoms with Crippen LogP contribution in [0.5, 0.6) is 11.5 Å². The van der Waals surface area contributed by atoms with Crippen LogP contribution >= 0.6 is 30.8 Å². The average molecular weight is 892 g/mol. The number of carbonyl (C=O) groups excluding carboxylic acids is 2. The first-order valence-electron chi connectivity index (χ1n) is 16.0. The fourth-order valence-corrected chi connectivity index (χ4v) is 5.86. The zero-order valence-electron chi connectivity index (χ0n) is 30.9. The van der Waals surface area contributed by atoms with E-state index in [4.69, 9.17) is 47.6 Å². The molecule has 2 amide bonds. The molecular formula is C33H40Cl2F3N4O13PS. The number of amides is 2. The number of carboxylic acid groups (broad SMARTS) is 1. The third-order valence-electron chi connectivity index (χ3n) is 6.94. The average Bonchev–Trinajstić information content (AvgIpc) is 3.08. The molecular weight excluding hydrogens is 851 g/mol. The van der Waals surface area contributed by atoms with E-state index in [2.05, 4.69) is 18.3 Å². The number of sulfonamides is 1. The number of nitrogens with zero attached hydrogens (tertiary/aromatic N) is 2. The zero-order valence-corrected chi connectivity index (χ0v) is 34.1. The summed E-state index contributed by atoms with van der Waals surface area (Å²) in [5.74, 6) is -2.93. The maximum Gasteiger partial charge on any atom is 0.416 e. The van der Waals surface area contributed by atoms with Gasteiger partial charge < -0.3 is 29.3 Å². The van der Waals surface area contributed by atoms with Crippen molar-refractivity contribution >= 4 is 70.0 Å². The highest BCUT2D eigenvalue weighted by molar-refractivity contribution is 7.89. The molecule has 0 saturated carbocycles. The number of carboxylic acids is 1. The zero-order chi connectivity index (χ0) is 43.9. The van der Waals surface area contributed by atoms with Crippen LogP contribution in [0.15, 0.2) is 54.6 Å². The minimum absolute atomic E-state index is 0.0223. The van der Waals surface area contributed by atoms with E-state index in [-0.39, 0.29) is 29.3 Å². The topological polar surface area (TPSA) is 252 Å². The lowest BCUT2D eigenvalue weighted by molar-refractivity contribution is -0.385. The summed E-state index contributed by atoms with van der Waals surface area (Å²) in [6.07, 6.45) is -3.66. The number of anilines is 1. The van der Waals surface area contributed by atoms with Crippen molar-refractivity contribution in [2.24, 2.45) is 0 Å². The molecule has 1 unspecified atom stereocenters. The van der Waals surface area contributed by atoms with Crippen LogP contribution in [-0.4, -0.2) is 90.7 Å². The van der Waals surface area contributed by atoms with Crippen molar-refractivity contribution in [3.8, 4) is 11.5 Å². The second-order valence-corrected chi connectivity index (χ2v) is 15.7. The minimum Gasteiger partial charge on any atom is -0.480 e. The molecule has 5 N–H and O–H groups in total. The van der Waals surface area contributed by atoms with Gasteiger partial charge in [0, 0.05) is 19.2 Å². The van der Waals surface area contributed by atoms with Gasteiger partial charge in [0.25, 0.3) is 11.6 Å². The van der Waals surface area contributed by atoms with Crippen LogP contribution in [0.2, 0.25) is 5.02 Å². The molecule has 0 aromatic heterocycles. The molecule has 0 heterocycles. The van der Waals surface area contributed by atoms with E-state index in [0.29, 0.717) is 25.0 Å². The maximum absolute atomic E-state index is 12.7. The first-order valence-corrected chi connectivity index (χ1v) is 20.6. The summed E-state index contributed by atoms with van der Waals surface area (Å²) >= 11 is 11.5. The van der Waals surface area contributed by atoms with Gasteiger partial charge in [-0.1, -0.05) is 36.7 Å². The van der Waals surface area contributed by atoms with E-state index in [0.717, 1.165) is 47.5 Å². The van der Waals surface area contributed by atoms with E-state index in [9.17, 15) is 50.7 Å². The predicted molar refractivity (Wildman–Crippen MR) is 205 cm³/mol. The number of methoxy groups -OCH3 is 1. The molecule has 0 aliphatic carbocycles. The van der Waals surface area contributed by atoms with Crippen LogP contribution in [0.4, 0.5) is 24.5 Å². The first kappa shape index (κ1) is 50.7. The van der Waals surface area contributed by atoms with E-state index in [1.165, 1.54) is 0 Å². The summed E-state index contributed by atoms with van der Waals surface area (Å²) in [6, 6.07) is 11.1. The van der Waals surface area contributed by atoms with Gasteiger partial charge in [0.2, 0.25) is 15.9 Å². The van der Waals surface area contributed by atoms with Gasteiger partial charge in [0.1, 0.15) is 22.9 Å². The van der Waals surface area contributed by atoms with Gasteiger partial charge in [-0.2, -0.15) is 13.2 Å². The number of benzene rings is 3. The molecule has 0 aliphatic heterocycles. The standard InChI is InChI=1S/C15H10ClF3N2O6S.C15H22ClNO2.C3H8NO5P/c1-28(25,26)20-14(22)10-7-9(3-4-12(10)21(23)24)27-13-5-2-8(6-11(13)16)15(17,18)19;1-5-13-8-6-7-11(2)15(13)17(14(18)9-16)12(3)10-19-4;5-3(6)1-4-2-10(7,8)9/h2-7H,1H3,(H,20,22);6-8,12H,5,9-10H2,1-4H3;4H,1-2H2,(H,5,6)(H2,7,8,9). The summed E-state index contributed by atoms with van der Waals surface area (Å²) in [5.41, 5.74) is 0.868. The Kier molecular flexibility index (Phi) is 20.1. The van der Waals surface area contributed by atoms with Gasteiger partial charge in [0.05, 0.1) is 52.9 Å². The Morgan fingerprint density at radius 1 is 1.11 bits per heavy atom. The third kappa shape index (κ3) is 17.8. The van der Waals surface area contributed by atoms with Gasteiger partial charge in [-0.05, 0) is 55.7 Å². The van der Waals surface area contributed by atoms with E-state index < -0.39 is 75.3 Å². The van der Waals surface area contributed by atoms with Gasteiger partial charge >= 0.3 is 19.7 Å². The Bertz CT molecular complexity index is 2060. The maximum atomic E-state index is 12.7. The number of alkyl halides is 4. The molecule has 0 radical (unpaired) electrons. The highest BCUT2D eigenvalue weighted by atomic mass is 35.5. The molecule has 316 valence electrons. The number of aliphatic carboxylic acids is 1. The van der Waals surface area contributed by atoms with Gasteiger partial charge in [-0.15, -0.1) is 11.6 Å². The molecule has 1 atom stereocenters. The predicted octanol–water partition coefficient (Wildman–Crippen LogP) is 5.71. The lowest BCUT2D eigenvalue weighted by Crippen LogP contribution is -2.43. The van der Waals surface area contributed by atoms with Crippen LogP contribution < -0.4 is 19.7 Å². The highest BCUT2D eigenvalue weighted by Gasteiger charge is 2.31. The monoisotopic (exact) mass is 890 g/mol. The summed E-state index contributed by atoms with van der Waals surface area (Å²) in [5, 5.41) is 20.7. The fraction of sp³-hybridized carbons (Fsp3) is 0.364. The quantitative estimate of drug-likeness (QED) is 0.0531. The van der Waals surface area contributed by atoms with Crippen molar-refractivity contribution in [3.63, 3.8) is 0 Å². The Morgan fingerprint density at radius 3 is 2.21 bits per heavy atom. The molecule has 3 rings (SSSR count). The molecule has 3 aromatic carbocycles. The van der Waals surface area contributed by atoms with Crippen LogP contribution in [0, 0.1) is 17.0 Å². The smallest absolute Gasteiger partial charge is 0.416 e. The van der Waals surface area contributed by atoms with Gasteiger partial charge in [0.15, 0.2) is 0 Å². The van der Waals surface area contributed by atoms with Crippen molar-refractivity contribution in [2.75, 3.05) is 43.6 Å². The fourth-order valence-electron chi connectivity index (χ4n) is 4.66. The second kappa shape index (κ2) is 22.6. The van der Waals surface area contributed by atoms with Gasteiger partial charge in [-0.3, -0.25) is 34.4 Å². The van der Waals surface area contributed by atoms with Gasteiger partial charge in [-0.25, -0.2) is 13.1 Å². The van der Waals surface area contributed by atoms with Crippen molar-refractivity contribution < 1.29 is 69.8 Å². The minimum atomic E-state index is -4.62. The number of rotatable bonds is 15. The van der Waals surface area contributed by atoms with Crippen molar-refractivity contribution in [3.05, 3.63) is 92.0 Å². The van der Waals surface area contributed by atoms with E-state index >= 15 is 0 Å². The lowest BCUT2D eigenvalue weighted by atomic mass is 10.0. The number of hydrogen-bond acceptors (Lipinski definition) is 11. The Balaban J connectivity index is 0.000000482. The molecule has 24 heteroatoms. The van der Waals surface area contributed by atoms with Crippen LogP contribution in [-0.2, 0) is 41.5 Å². The van der Waals surface area contributed by atoms with Crippen LogP contribution in [0.3, 0.4) is 0 Å². The van der Waals surface area contributed by atoms with E-state index in [1.807, 2.05) is 26.0 Å². The number of halogens is 5. The SMILES string of the molecule is CCc1cccc(C)c1N(C(=O)CCl)C(C)COC.CS(=O)(=O)NC(=O)c1cc(Oc2ccc(C(F)(F)F)cc2Cl)ccc1[N+](=O)[O-].O=C(O)CNCP(=O)(O)O. The largest absolute Gasteiger partial charge is 0.480 e. The molecule has 0 saturated heterocycles. The molecule has 57 heavy (non-hydrogen) atoms. The number of carbonyl (C=O) groups is 3. The molecule has 0 spiro atoms. The molecule has 17 nitrogen and oxygen atoms in total. The number of nitro benzene ring substituents is 1. The normalized spacial score (nSPS) is 11.9. The summed E-state index contributed by atoms with van der Waals surface area (Å²) in [7, 11) is -6.46. The molecule has 0 aliphatic rings. The van der Waals surface area contributed by atoms with Crippen molar-refractivity contribution in [1.29, 1.82) is 0 Å². The Morgan fingerprint density at radius 2 is 1.74 bits per heavy atom. The van der Waals surface area contributed by atoms with Crippen LogP contribution in [0.25, 0.3) is 0 Å². The Labute approximate surface area is 335 Å². The summed E-state index contributed by atoms with van der Waals surface area (Å²) < 4.78 is 82.5. The number of ether oxygens (including phenoxy) is 2. The van der Waals surface area contributed by atoms with E-state index in [1.54, 1.807) is 16.7 Å². The van der Waals surface area contributed by atoms with Crippen LogP contribution in [0.1, 0.15) is 40.9 Å². The number of para-hydroxylation sites is 1. The number of nitrogens with one attached hydrogen (secondary N) is 2. The first-order chi connectivity index (χ1) is 26.3. The lowest BCUT2D eigenvalue weighted by Gasteiger charge is -2.31. The van der Waals surface area contributed by atoms with Crippen molar-refractivity contribution in [2.45, 2.75) is 39.4 Å². The Hall–Kier alpha value is -4.34. The number of aryl methyl sites for hydroxylation is 2. The summed E-state index contributed by atoms with van der Waals surface area (Å²) in [4.78, 5) is 62.3. The highest BCUT2D eigenvalue weighted by Crippen LogP contribution is 2.37. The summed E-state index contributed by atoms with van der Waals surface area (Å²) in [6.45, 7) is 6.12. The van der Waals surface area contributed by atoms with Crippen molar-refractivity contribution in [1.82, 2.24) is 10.0 Å². The number of nitro groups is 1. The third-order valence-corrected chi connectivity index (χ3v) is 8.66. The molecule has 0 bridgehead atoms. The second-order valence-electron chi connectivity index (χ2n) is 11.7. The molecule has 3 aromatic rings.